The minimum Gasteiger partial charge on any atom is -0.321 e. The van der Waals surface area contributed by atoms with Gasteiger partial charge < -0.3 is 5.32 Å². The van der Waals surface area contributed by atoms with Crippen molar-refractivity contribution in [1.82, 2.24) is 10.2 Å². The summed E-state index contributed by atoms with van der Waals surface area (Å²) in [5.41, 5.74) is 3.26. The Morgan fingerprint density at radius 3 is 2.72 bits per heavy atom. The summed E-state index contributed by atoms with van der Waals surface area (Å²) >= 11 is 0. The zero-order chi connectivity index (χ0) is 20.8. The molecule has 2 aromatic carbocycles. The molecule has 0 bridgehead atoms. The van der Waals surface area contributed by atoms with Crippen molar-refractivity contribution in [2.45, 2.75) is 13.3 Å². The van der Waals surface area contributed by atoms with Gasteiger partial charge in [0.2, 0.25) is 0 Å². The highest BCUT2D eigenvalue weighted by Gasteiger charge is 2.14. The molecule has 0 saturated heterocycles. The number of carbonyl (C=O) groups excluding carboxylic acids is 1. The quantitative estimate of drug-likeness (QED) is 0.285. The summed E-state index contributed by atoms with van der Waals surface area (Å²) in [6.45, 7) is 2.07. The lowest BCUT2D eigenvalue weighted by molar-refractivity contribution is -0.384. The van der Waals surface area contributed by atoms with Crippen LogP contribution in [0.5, 0.6) is 0 Å². The van der Waals surface area contributed by atoms with Crippen LogP contribution in [0.3, 0.4) is 0 Å². The summed E-state index contributed by atoms with van der Waals surface area (Å²) in [6.07, 6.45) is 3.88. The molecule has 0 spiro atoms. The second-order valence-electron chi connectivity index (χ2n) is 6.18. The van der Waals surface area contributed by atoms with Crippen LogP contribution in [-0.2, 0) is 11.2 Å². The topological polar surface area (TPSA) is 125 Å². The molecule has 2 N–H and O–H groups in total. The summed E-state index contributed by atoms with van der Waals surface area (Å²) in [7, 11) is 0. The monoisotopic (exact) mass is 387 g/mol. The summed E-state index contributed by atoms with van der Waals surface area (Å²) in [5, 5.41) is 29.7. The summed E-state index contributed by atoms with van der Waals surface area (Å²) in [5.74, 6) is -0.665. The second kappa shape index (κ2) is 8.63. The highest BCUT2D eigenvalue weighted by atomic mass is 16.6. The molecule has 3 rings (SSSR count). The van der Waals surface area contributed by atoms with Crippen LogP contribution in [0.15, 0.2) is 60.3 Å². The van der Waals surface area contributed by atoms with Crippen LogP contribution in [0, 0.1) is 21.4 Å². The zero-order valence-corrected chi connectivity index (χ0v) is 15.5. The minimum absolute atomic E-state index is 0.149. The number of nitrogens with zero attached hydrogens (tertiary/aromatic N) is 3. The third-order valence-corrected chi connectivity index (χ3v) is 4.30. The van der Waals surface area contributed by atoms with Crippen LogP contribution < -0.4 is 5.32 Å². The summed E-state index contributed by atoms with van der Waals surface area (Å²) < 4.78 is 0. The Morgan fingerprint density at radius 2 is 2.07 bits per heavy atom. The number of rotatable bonds is 6. The highest BCUT2D eigenvalue weighted by Crippen LogP contribution is 2.24. The first-order valence-corrected chi connectivity index (χ1v) is 8.82. The van der Waals surface area contributed by atoms with E-state index in [0.29, 0.717) is 11.3 Å². The number of amides is 1. The van der Waals surface area contributed by atoms with E-state index >= 15 is 0 Å². The van der Waals surface area contributed by atoms with Crippen molar-refractivity contribution in [3.05, 3.63) is 81.5 Å². The fraction of sp³-hybridized carbons (Fsp3) is 0.0952. The Labute approximate surface area is 166 Å². The van der Waals surface area contributed by atoms with Gasteiger partial charge in [-0.15, -0.1) is 0 Å². The van der Waals surface area contributed by atoms with E-state index in [1.54, 1.807) is 0 Å². The van der Waals surface area contributed by atoms with Crippen LogP contribution in [-0.4, -0.2) is 21.0 Å². The molecule has 0 unspecified atom stereocenters. The molecule has 29 heavy (non-hydrogen) atoms. The maximum Gasteiger partial charge on any atom is 0.271 e. The van der Waals surface area contributed by atoms with Gasteiger partial charge in [0, 0.05) is 28.9 Å². The van der Waals surface area contributed by atoms with Crippen molar-refractivity contribution < 1.29 is 9.72 Å². The van der Waals surface area contributed by atoms with Crippen molar-refractivity contribution in [3.63, 3.8) is 0 Å². The number of carbonyl (C=O) groups is 1. The lowest BCUT2D eigenvalue weighted by Gasteiger charge is -2.05. The van der Waals surface area contributed by atoms with Crippen LogP contribution in [0.25, 0.3) is 17.3 Å². The van der Waals surface area contributed by atoms with E-state index in [9.17, 15) is 20.2 Å². The Hall–Kier alpha value is -4.25. The normalized spacial score (nSPS) is 11.0. The van der Waals surface area contributed by atoms with Gasteiger partial charge in [0.1, 0.15) is 11.6 Å². The predicted molar refractivity (Wildman–Crippen MR) is 109 cm³/mol. The average Bonchev–Trinajstić information content (AvgIpc) is 3.20. The summed E-state index contributed by atoms with van der Waals surface area (Å²) in [6, 6.07) is 15.3. The van der Waals surface area contributed by atoms with Gasteiger partial charge >= 0.3 is 0 Å². The fourth-order valence-electron chi connectivity index (χ4n) is 2.74. The molecule has 144 valence electrons. The molecule has 8 nitrogen and oxygen atoms in total. The van der Waals surface area contributed by atoms with Crippen molar-refractivity contribution in [2.75, 3.05) is 5.32 Å². The van der Waals surface area contributed by atoms with Gasteiger partial charge in [0.15, 0.2) is 0 Å². The van der Waals surface area contributed by atoms with E-state index in [0.717, 1.165) is 12.0 Å². The third-order valence-electron chi connectivity index (χ3n) is 4.30. The average molecular weight is 387 g/mol. The molecule has 0 fully saturated rings. The number of benzene rings is 2. The first-order valence-electron chi connectivity index (χ1n) is 8.82. The lowest BCUT2D eigenvalue weighted by Crippen LogP contribution is -2.13. The van der Waals surface area contributed by atoms with Crippen LogP contribution in [0.2, 0.25) is 0 Å². The van der Waals surface area contributed by atoms with E-state index < -0.39 is 10.8 Å². The SMILES string of the molecule is CCc1ccc(-c2[nH]ncc2C=C(C#N)C(=O)Nc2cccc([N+](=O)[O-])c2)cc1. The molecular formula is C21H17N5O3. The zero-order valence-electron chi connectivity index (χ0n) is 15.5. The largest absolute Gasteiger partial charge is 0.321 e. The van der Waals surface area contributed by atoms with Gasteiger partial charge in [-0.3, -0.25) is 20.0 Å². The highest BCUT2D eigenvalue weighted by molar-refractivity contribution is 6.10. The van der Waals surface area contributed by atoms with E-state index in [2.05, 4.69) is 22.4 Å². The van der Waals surface area contributed by atoms with Crippen molar-refractivity contribution in [2.24, 2.45) is 0 Å². The number of nitro groups is 1. The Bertz CT molecular complexity index is 1120. The van der Waals surface area contributed by atoms with E-state index in [1.807, 2.05) is 30.3 Å². The minimum atomic E-state index is -0.665. The molecule has 8 heteroatoms. The number of hydrogen-bond acceptors (Lipinski definition) is 5. The first-order chi connectivity index (χ1) is 14.0. The molecule has 1 amide bonds. The molecule has 3 aromatic rings. The van der Waals surface area contributed by atoms with Crippen LogP contribution in [0.4, 0.5) is 11.4 Å². The predicted octanol–water partition coefficient (Wildman–Crippen LogP) is 4.09. The smallest absolute Gasteiger partial charge is 0.271 e. The number of anilines is 1. The van der Waals surface area contributed by atoms with Gasteiger partial charge in [-0.05, 0) is 24.1 Å². The molecule has 1 aromatic heterocycles. The standard InChI is InChI=1S/C21H17N5O3/c1-2-14-6-8-15(9-7-14)20-17(13-23-25-20)10-16(12-22)21(27)24-18-4-3-5-19(11-18)26(28)29/h3-11,13H,2H2,1H3,(H,23,25)(H,24,27). The molecule has 1 heterocycles. The third kappa shape index (κ3) is 4.54. The molecule has 0 aliphatic carbocycles. The second-order valence-corrected chi connectivity index (χ2v) is 6.18. The number of nitro benzene ring substituents is 1. The molecule has 0 aliphatic rings. The number of H-pyrrole nitrogens is 1. The number of non-ortho nitro benzene ring substituents is 1. The fourth-order valence-corrected chi connectivity index (χ4v) is 2.74. The number of nitrogens with one attached hydrogen (secondary N) is 2. The van der Waals surface area contributed by atoms with E-state index in [-0.39, 0.29) is 16.9 Å². The van der Waals surface area contributed by atoms with E-state index in [1.165, 1.54) is 42.1 Å². The Kier molecular flexibility index (Phi) is 5.80. The molecular weight excluding hydrogens is 370 g/mol. The number of aromatic amines is 1. The maximum absolute atomic E-state index is 12.5. The molecule has 0 atom stereocenters. The van der Waals surface area contributed by atoms with Crippen LogP contribution >= 0.6 is 0 Å². The van der Waals surface area contributed by atoms with Gasteiger partial charge in [-0.1, -0.05) is 37.3 Å². The lowest BCUT2D eigenvalue weighted by atomic mass is 10.0. The van der Waals surface area contributed by atoms with Gasteiger partial charge in [0.25, 0.3) is 11.6 Å². The van der Waals surface area contributed by atoms with Gasteiger partial charge in [-0.25, -0.2) is 0 Å². The van der Waals surface area contributed by atoms with Crippen molar-refractivity contribution in [1.29, 1.82) is 5.26 Å². The summed E-state index contributed by atoms with van der Waals surface area (Å²) in [4.78, 5) is 22.8. The van der Waals surface area contributed by atoms with Gasteiger partial charge in [-0.2, -0.15) is 10.4 Å². The molecule has 0 saturated carbocycles. The van der Waals surface area contributed by atoms with Crippen molar-refractivity contribution in [3.8, 4) is 17.3 Å². The first kappa shape index (κ1) is 19.5. The maximum atomic E-state index is 12.5. The van der Waals surface area contributed by atoms with E-state index in [4.69, 9.17) is 0 Å². The number of hydrogen-bond donors (Lipinski definition) is 2. The Balaban J connectivity index is 1.86. The molecule has 0 aliphatic heterocycles. The van der Waals surface area contributed by atoms with Gasteiger partial charge in [0.05, 0.1) is 16.8 Å². The van der Waals surface area contributed by atoms with Crippen LogP contribution in [0.1, 0.15) is 18.1 Å². The number of aryl methyl sites for hydroxylation is 1. The van der Waals surface area contributed by atoms with Crippen molar-refractivity contribution >= 4 is 23.4 Å². The number of nitriles is 1. The number of aromatic nitrogens is 2. The Morgan fingerprint density at radius 1 is 1.31 bits per heavy atom. The molecule has 0 radical (unpaired) electrons.